The molecule has 3 heterocycles. The first-order valence-electron chi connectivity index (χ1n) is 10.9. The summed E-state index contributed by atoms with van der Waals surface area (Å²) in [6.07, 6.45) is 1.80. The van der Waals surface area contributed by atoms with E-state index in [-0.39, 0.29) is 11.0 Å². The summed E-state index contributed by atoms with van der Waals surface area (Å²) in [7, 11) is -3.53. The molecule has 2 fully saturated rings. The van der Waals surface area contributed by atoms with Gasteiger partial charge in [-0.15, -0.1) is 0 Å². The average Bonchev–Trinajstić information content (AvgIpc) is 3.47. The number of rotatable bonds is 6. The van der Waals surface area contributed by atoms with Crippen LogP contribution in [0.3, 0.4) is 0 Å². The topological polar surface area (TPSA) is 74.1 Å². The summed E-state index contributed by atoms with van der Waals surface area (Å²) < 4.78 is 32.5. The van der Waals surface area contributed by atoms with Crippen molar-refractivity contribution in [2.75, 3.05) is 39.3 Å². The van der Waals surface area contributed by atoms with Gasteiger partial charge in [-0.3, -0.25) is 9.69 Å². The van der Waals surface area contributed by atoms with Crippen molar-refractivity contribution >= 4 is 15.9 Å². The Morgan fingerprint density at radius 2 is 1.58 bits per heavy atom. The predicted octanol–water partition coefficient (Wildman–Crippen LogP) is 2.69. The maximum absolute atomic E-state index is 13.1. The summed E-state index contributed by atoms with van der Waals surface area (Å²) >= 11 is 0. The molecule has 0 N–H and O–H groups in total. The minimum atomic E-state index is -3.53. The van der Waals surface area contributed by atoms with E-state index in [0.717, 1.165) is 31.5 Å². The Morgan fingerprint density at radius 1 is 0.935 bits per heavy atom. The summed E-state index contributed by atoms with van der Waals surface area (Å²) in [5, 5.41) is 0.0304. The van der Waals surface area contributed by atoms with Crippen LogP contribution in [0.25, 0.3) is 0 Å². The molecule has 4 rings (SSSR count). The summed E-state index contributed by atoms with van der Waals surface area (Å²) in [6.45, 7) is 8.37. The SMILES string of the molecule is CC(C)(C(=O)N1CCN(Cc2ccc(S(=O)(=O)N3CCCC3)o2)CC1)c1ccccc1. The third kappa shape index (κ3) is 4.56. The Kier molecular flexibility index (Phi) is 6.23. The molecule has 0 aliphatic carbocycles. The van der Waals surface area contributed by atoms with E-state index in [9.17, 15) is 13.2 Å². The zero-order chi connectivity index (χ0) is 22.1. The molecule has 2 saturated heterocycles. The van der Waals surface area contributed by atoms with Crippen LogP contribution in [0.1, 0.15) is 38.0 Å². The van der Waals surface area contributed by atoms with Gasteiger partial charge in [-0.2, -0.15) is 4.31 Å². The van der Waals surface area contributed by atoms with Gasteiger partial charge in [0.1, 0.15) is 5.76 Å². The monoisotopic (exact) mass is 445 g/mol. The molecule has 0 bridgehead atoms. The van der Waals surface area contributed by atoms with Gasteiger partial charge < -0.3 is 9.32 Å². The minimum absolute atomic E-state index is 0.0304. The van der Waals surface area contributed by atoms with E-state index in [1.54, 1.807) is 12.1 Å². The lowest BCUT2D eigenvalue weighted by Crippen LogP contribution is -2.52. The average molecular weight is 446 g/mol. The maximum atomic E-state index is 13.1. The minimum Gasteiger partial charge on any atom is -0.447 e. The highest BCUT2D eigenvalue weighted by molar-refractivity contribution is 7.89. The highest BCUT2D eigenvalue weighted by Crippen LogP contribution is 2.27. The molecule has 8 heteroatoms. The molecule has 31 heavy (non-hydrogen) atoms. The molecule has 0 spiro atoms. The molecule has 1 amide bonds. The Labute approximate surface area is 184 Å². The molecule has 2 aliphatic rings. The second-order valence-corrected chi connectivity index (χ2v) is 10.8. The fraction of sp³-hybridized carbons (Fsp3) is 0.522. The first-order chi connectivity index (χ1) is 14.8. The van der Waals surface area contributed by atoms with Crippen molar-refractivity contribution in [1.82, 2.24) is 14.1 Å². The van der Waals surface area contributed by atoms with E-state index in [1.165, 1.54) is 4.31 Å². The fourth-order valence-corrected chi connectivity index (χ4v) is 5.79. The van der Waals surface area contributed by atoms with E-state index in [1.807, 2.05) is 49.1 Å². The molecule has 0 radical (unpaired) electrons. The molecule has 7 nitrogen and oxygen atoms in total. The van der Waals surface area contributed by atoms with Crippen molar-refractivity contribution < 1.29 is 17.6 Å². The van der Waals surface area contributed by atoms with Crippen LogP contribution in [0.2, 0.25) is 0 Å². The van der Waals surface area contributed by atoms with Crippen LogP contribution < -0.4 is 0 Å². The van der Waals surface area contributed by atoms with Crippen LogP contribution in [0.4, 0.5) is 0 Å². The van der Waals surface area contributed by atoms with Crippen LogP contribution in [-0.2, 0) is 26.8 Å². The summed E-state index contributed by atoms with van der Waals surface area (Å²) in [5.41, 5.74) is 0.452. The predicted molar refractivity (Wildman–Crippen MR) is 118 cm³/mol. The van der Waals surface area contributed by atoms with Gasteiger partial charge in [0.15, 0.2) is 0 Å². The molecule has 1 aromatic heterocycles. The van der Waals surface area contributed by atoms with Crippen molar-refractivity contribution in [2.24, 2.45) is 0 Å². The number of sulfonamides is 1. The Balaban J connectivity index is 1.34. The van der Waals surface area contributed by atoms with Crippen molar-refractivity contribution in [3.63, 3.8) is 0 Å². The Morgan fingerprint density at radius 3 is 2.23 bits per heavy atom. The Bertz CT molecular complexity index is 1000. The molecule has 1 aromatic carbocycles. The molecule has 2 aromatic rings. The molecule has 0 saturated carbocycles. The van der Waals surface area contributed by atoms with E-state index in [2.05, 4.69) is 4.90 Å². The van der Waals surface area contributed by atoms with Gasteiger partial charge in [-0.1, -0.05) is 30.3 Å². The van der Waals surface area contributed by atoms with Crippen LogP contribution in [0.15, 0.2) is 52.0 Å². The molecule has 2 aliphatic heterocycles. The lowest BCUT2D eigenvalue weighted by atomic mass is 9.83. The molecular formula is C23H31N3O4S. The zero-order valence-electron chi connectivity index (χ0n) is 18.3. The number of benzene rings is 1. The van der Waals surface area contributed by atoms with Crippen molar-refractivity contribution in [3.8, 4) is 0 Å². The van der Waals surface area contributed by atoms with Crippen molar-refractivity contribution in [3.05, 3.63) is 53.8 Å². The van der Waals surface area contributed by atoms with E-state index >= 15 is 0 Å². The normalized spacial score (nSPS) is 19.1. The molecular weight excluding hydrogens is 414 g/mol. The van der Waals surface area contributed by atoms with Crippen LogP contribution in [0.5, 0.6) is 0 Å². The van der Waals surface area contributed by atoms with E-state index in [0.29, 0.717) is 38.5 Å². The lowest BCUT2D eigenvalue weighted by Gasteiger charge is -2.38. The number of nitrogens with zero attached hydrogens (tertiary/aromatic N) is 3. The van der Waals surface area contributed by atoms with Gasteiger partial charge in [0.2, 0.25) is 11.0 Å². The van der Waals surface area contributed by atoms with Gasteiger partial charge >= 0.3 is 0 Å². The van der Waals surface area contributed by atoms with Crippen molar-refractivity contribution in [2.45, 2.75) is 43.7 Å². The number of carbonyl (C=O) groups excluding carboxylic acids is 1. The smallest absolute Gasteiger partial charge is 0.276 e. The summed E-state index contributed by atoms with van der Waals surface area (Å²) in [6, 6.07) is 13.2. The van der Waals surface area contributed by atoms with Gasteiger partial charge in [0.25, 0.3) is 10.0 Å². The highest BCUT2D eigenvalue weighted by Gasteiger charge is 2.35. The van der Waals surface area contributed by atoms with Crippen molar-refractivity contribution in [1.29, 1.82) is 0 Å². The fourth-order valence-electron chi connectivity index (χ4n) is 4.34. The second kappa shape index (κ2) is 8.76. The number of piperazine rings is 1. The molecule has 0 unspecified atom stereocenters. The van der Waals surface area contributed by atoms with Crippen LogP contribution >= 0.6 is 0 Å². The van der Waals surface area contributed by atoms with Crippen LogP contribution in [0, 0.1) is 0 Å². The number of carbonyl (C=O) groups is 1. The first-order valence-corrected chi connectivity index (χ1v) is 12.4. The lowest BCUT2D eigenvalue weighted by molar-refractivity contribution is -0.138. The van der Waals surface area contributed by atoms with E-state index in [4.69, 9.17) is 4.42 Å². The largest absolute Gasteiger partial charge is 0.447 e. The third-order valence-electron chi connectivity index (χ3n) is 6.37. The highest BCUT2D eigenvalue weighted by atomic mass is 32.2. The first kappa shape index (κ1) is 22.0. The maximum Gasteiger partial charge on any atom is 0.276 e. The summed E-state index contributed by atoms with van der Waals surface area (Å²) in [5.74, 6) is 0.775. The number of amides is 1. The van der Waals surface area contributed by atoms with E-state index < -0.39 is 15.4 Å². The molecule has 168 valence electrons. The van der Waals surface area contributed by atoms with Crippen LogP contribution in [-0.4, -0.2) is 67.7 Å². The van der Waals surface area contributed by atoms with Gasteiger partial charge in [-0.05, 0) is 44.4 Å². The van der Waals surface area contributed by atoms with Gasteiger partial charge in [-0.25, -0.2) is 8.42 Å². The third-order valence-corrected chi connectivity index (χ3v) is 8.14. The van der Waals surface area contributed by atoms with Gasteiger partial charge in [0, 0.05) is 39.3 Å². The van der Waals surface area contributed by atoms with Gasteiger partial charge in [0.05, 0.1) is 12.0 Å². The second-order valence-electron chi connectivity index (χ2n) is 8.89. The standard InChI is InChI=1S/C23H31N3O4S/c1-23(2,19-8-4-3-5-9-19)22(27)25-16-14-24(15-17-25)18-20-10-11-21(30-20)31(28,29)26-12-6-7-13-26/h3-5,8-11H,6-7,12-18H2,1-2H3. The Hall–Kier alpha value is -2.16. The molecule has 0 atom stereocenters. The zero-order valence-corrected chi connectivity index (χ0v) is 19.1. The quantitative estimate of drug-likeness (QED) is 0.684. The number of hydrogen-bond acceptors (Lipinski definition) is 5. The number of hydrogen-bond donors (Lipinski definition) is 0. The number of furan rings is 1. The summed E-state index contributed by atoms with van der Waals surface area (Å²) in [4.78, 5) is 17.3.